The average Bonchev–Trinajstić information content (AvgIpc) is 1.57. The molecule has 10 rings (SSSR count). The molecule has 606 valence electrons. The number of rotatable bonds is 23. The molecule has 7 fully saturated rings. The van der Waals surface area contributed by atoms with Gasteiger partial charge in [0.1, 0.15) is 49.5 Å². The number of hydrogen-bond donors (Lipinski definition) is 4. The third-order valence-electron chi connectivity index (χ3n) is 18.0. The number of Topliss-reactive ketones (excluding diaryl/α,β-unsaturated/α-hetero) is 1. The van der Waals surface area contributed by atoms with E-state index in [9.17, 15) is 47.9 Å². The zero-order valence-corrected chi connectivity index (χ0v) is 82.7. The van der Waals surface area contributed by atoms with Crippen LogP contribution in [-0.2, 0) is 121 Å². The Hall–Kier alpha value is -1.84. The fourth-order valence-corrected chi connectivity index (χ4v) is 13.9. The molecule has 0 radical (unpaired) electrons. The molecule has 38 heteroatoms. The van der Waals surface area contributed by atoms with Crippen LogP contribution in [0.1, 0.15) is 123 Å². The second-order valence-electron chi connectivity index (χ2n) is 24.9. The van der Waals surface area contributed by atoms with E-state index in [1.807, 2.05) is 91.0 Å². The minimum atomic E-state index is -0.795. The van der Waals surface area contributed by atoms with Crippen LogP contribution in [0.25, 0.3) is 0 Å². The van der Waals surface area contributed by atoms with Gasteiger partial charge in [-0.25, -0.2) is 14.4 Å². The molecule has 6 amide bonds. The molecule has 0 aromatic heterocycles. The Labute approximate surface area is 813 Å². The zero-order valence-electron chi connectivity index (χ0n) is 63.2. The Bertz CT molecular complexity index is 3220. The predicted octanol–water partition coefficient (Wildman–Crippen LogP) is -3.30. The largest absolute Gasteiger partial charge is 1.00 e. The first-order chi connectivity index (χ1) is 48.2. The topological polar surface area (TPSA) is 367 Å². The van der Waals surface area contributed by atoms with Crippen LogP contribution in [0.3, 0.4) is 0 Å². The number of carbonyl (C=O) groups is 11. The molecular weight excluding hydrogens is 1890 g/mol. The van der Waals surface area contributed by atoms with Gasteiger partial charge in [0.05, 0.1) is 76.5 Å². The van der Waals surface area contributed by atoms with E-state index < -0.39 is 77.7 Å². The van der Waals surface area contributed by atoms with Gasteiger partial charge in [-0.05, 0) is 80.5 Å². The van der Waals surface area contributed by atoms with Gasteiger partial charge in [0.25, 0.3) is 6.47 Å². The van der Waals surface area contributed by atoms with Crippen molar-refractivity contribution >= 4 is 145 Å². The number of likely N-dealkylation sites (tertiary alicyclic amines) is 2. The summed E-state index contributed by atoms with van der Waals surface area (Å²) in [5.74, 6) is -4.53. The number of ketones is 1. The molecule has 3 aromatic carbocycles. The quantitative estimate of drug-likeness (QED) is 0.0137. The molecule has 4 aliphatic heterocycles. The van der Waals surface area contributed by atoms with Crippen LogP contribution in [-0.4, -0.2) is 201 Å². The fourth-order valence-electron chi connectivity index (χ4n) is 13.2. The van der Waals surface area contributed by atoms with Crippen LogP contribution in [0.4, 0.5) is 14.4 Å². The van der Waals surface area contributed by atoms with Gasteiger partial charge < -0.3 is 114 Å². The van der Waals surface area contributed by atoms with Crippen LogP contribution in [0.2, 0.25) is 0 Å². The van der Waals surface area contributed by atoms with Crippen LogP contribution in [0.15, 0.2) is 91.0 Å². The number of nitrogens with zero attached hydrogens (tertiary/aromatic N) is 2. The van der Waals surface area contributed by atoms with E-state index >= 15 is 0 Å². The summed E-state index contributed by atoms with van der Waals surface area (Å²) in [5.41, 5.74) is 2.58. The molecule has 4 saturated heterocycles. The first kappa shape index (κ1) is 111. The summed E-state index contributed by atoms with van der Waals surface area (Å²) in [7, 11) is 0.0901. The van der Waals surface area contributed by atoms with Crippen molar-refractivity contribution < 1.29 is 273 Å². The van der Waals surface area contributed by atoms with Crippen LogP contribution < -0.4 is 188 Å². The van der Waals surface area contributed by atoms with Gasteiger partial charge in [0, 0.05) is 76.2 Å². The van der Waals surface area contributed by atoms with Gasteiger partial charge in [-0.1, -0.05) is 98.4 Å². The number of benzene rings is 3. The molecule has 29 nitrogen and oxygen atoms in total. The second kappa shape index (κ2) is 58.9. The summed E-state index contributed by atoms with van der Waals surface area (Å²) in [4.78, 5) is 140. The summed E-state index contributed by atoms with van der Waals surface area (Å²) in [6.45, 7) is 8.98. The first-order valence-corrected chi connectivity index (χ1v) is 36.1. The number of esters is 3. The molecule has 3 unspecified atom stereocenters. The van der Waals surface area contributed by atoms with Crippen molar-refractivity contribution in [1.82, 2.24) is 31.1 Å². The molecule has 2 spiro atoms. The first-order valence-electron chi connectivity index (χ1n) is 33.9. The van der Waals surface area contributed by atoms with E-state index in [1.54, 1.807) is 30.6 Å². The van der Waals surface area contributed by atoms with Crippen molar-refractivity contribution in [1.29, 1.82) is 0 Å². The smallest absolute Gasteiger partial charge is 1.00 e. The Kier molecular flexibility index (Phi) is 60.2. The maximum Gasteiger partial charge on any atom is 1.00 e. The molecule has 9 atom stereocenters. The van der Waals surface area contributed by atoms with Crippen molar-refractivity contribution in [2.45, 2.75) is 173 Å². The maximum atomic E-state index is 13.3. The Morgan fingerprint density at radius 3 is 1.34 bits per heavy atom. The van der Waals surface area contributed by atoms with Gasteiger partial charge in [-0.15, -0.1) is 0 Å². The fraction of sp³-hybridized carbons (Fsp3) is 0.592. The van der Waals surface area contributed by atoms with Crippen LogP contribution >= 0.6 is 67.5 Å². The number of carbonyl (C=O) groups excluding carboxylic acids is 11. The van der Waals surface area contributed by atoms with Gasteiger partial charge >= 0.3 is 174 Å². The number of halogens is 1. The third kappa shape index (κ3) is 35.9. The summed E-state index contributed by atoms with van der Waals surface area (Å²) < 4.78 is 54.7. The normalized spacial score (nSPS) is 21.6. The molecule has 0 bridgehead atoms. The molecule has 7 aliphatic rings. The third-order valence-corrected chi connectivity index (χ3v) is 19.0. The minimum Gasteiger partial charge on any atom is -1.00 e. The molecular formula is C71H109Cs2IN6O23S6. The summed E-state index contributed by atoms with van der Waals surface area (Å²) in [6.07, 6.45) is 7.37. The van der Waals surface area contributed by atoms with Crippen molar-refractivity contribution in [3.05, 3.63) is 108 Å². The molecule has 3 saturated carbocycles. The second-order valence-corrected chi connectivity index (χ2v) is 27.3. The van der Waals surface area contributed by atoms with E-state index in [0.717, 1.165) is 22.4 Å². The summed E-state index contributed by atoms with van der Waals surface area (Å²) in [6, 6.07) is 24.7. The van der Waals surface area contributed by atoms with E-state index in [1.165, 1.54) is 0 Å². The van der Waals surface area contributed by atoms with Gasteiger partial charge in [0.15, 0.2) is 11.6 Å². The Morgan fingerprint density at radius 2 is 0.936 bits per heavy atom. The van der Waals surface area contributed by atoms with Crippen molar-refractivity contribution in [2.24, 2.45) is 17.8 Å². The van der Waals surface area contributed by atoms with Crippen LogP contribution in [0.5, 0.6) is 0 Å². The maximum absolute atomic E-state index is 13.3. The van der Waals surface area contributed by atoms with Crippen molar-refractivity contribution in [3.8, 4) is 0 Å². The van der Waals surface area contributed by atoms with E-state index in [4.69, 9.17) is 57.4 Å². The molecule has 3 aromatic rings. The average molecular weight is 2000 g/mol. The zero-order chi connectivity index (χ0) is 72.0. The van der Waals surface area contributed by atoms with Crippen molar-refractivity contribution in [3.63, 3.8) is 0 Å². The van der Waals surface area contributed by atoms with Gasteiger partial charge in [0.2, 0.25) is 17.7 Å². The predicted molar refractivity (Wildman–Crippen MR) is 415 cm³/mol. The van der Waals surface area contributed by atoms with E-state index in [-0.39, 0.29) is 349 Å². The summed E-state index contributed by atoms with van der Waals surface area (Å²) in [5, 5.41) is 19.4. The summed E-state index contributed by atoms with van der Waals surface area (Å²) >= 11 is 0. The van der Waals surface area contributed by atoms with Crippen LogP contribution in [0, 0.1) is 17.8 Å². The monoisotopic (exact) mass is 2000 g/mol. The Morgan fingerprint density at radius 1 is 0.560 bits per heavy atom. The number of hydrogen-bond acceptors (Lipinski definition) is 23. The Balaban J connectivity index is -0.000000717. The number of nitrogens with one attached hydrogen (secondary N) is 4. The molecule has 4 N–H and O–H groups in total. The number of ether oxygens (including phenoxy) is 10. The van der Waals surface area contributed by atoms with Crippen molar-refractivity contribution in [2.75, 3.05) is 77.6 Å². The number of amides is 6. The van der Waals surface area contributed by atoms with Gasteiger partial charge in [-0.3, -0.25) is 38.4 Å². The van der Waals surface area contributed by atoms with E-state index in [2.05, 4.69) is 38.7 Å². The molecule has 4 heterocycles. The SMILES string of the molecule is C.CCOC(=O)[C@@H]1CC(=O)CCC1N1CC[C@H](NC(=O)OCc2ccccc2)C1=O.CCOC(=O)[C@@H]1CC2(CCC1N1CC[C@H](NC(=O)OCc3ccccc3)C1=O)OCCO2.CCOC(=O)[C@@H]1CC2(CCC1NC(=O)[C@H](CC[S+](C)C)NC(=O)OCc1ccccc1)OCCO2.O=CO[O-].S.S.S.S.S.[Cs+].[Cs+].[H-].[I-]. The van der Waals surface area contributed by atoms with E-state index in [0.29, 0.717) is 110 Å². The standard InChI is InChI=1S/C25H36N2O7S.C23H30N2O7.C21H26N2O6.CH2O3.CH4.2Cs.HI.5H2S.H/c1-4-31-23(29)19-16-25(33-13-14-34-25)12-10-20(19)26-22(28)21(11-15-35(2)3)27-24(30)32-17-18-8-6-5-7-9-18;1-2-29-21(27)17-14-23(31-12-13-32-23)10-8-19(17)25-11-9-18(20(25)26)24-22(28)30-15-16-6-4-3-5-7-16;1-2-28-20(26)16-12-15(24)8-9-18(16)23-11-10-17(19(23)25)22-21(27)29-13-14-6-4-3-5-7-14;2-1-4-3;;;;;;;;;;/h5-9,19-21H,4,10-17H2,1-3H3,(H-,26,27,28,30);3-7,17-19H,2,8-15H2,1H3,(H,24,28);3-7,16-18H,2,8-13H2,1H3,(H,22,27);1,3H;1H4;;;1H;5*1H2;/q;;;;;2*+1;;;;;;;-1/p-1/t19-,20?,21+;17-,18+,19?;16-,17+,18?;;;;;;;;;;;/m111.........../s1. The van der Waals surface area contributed by atoms with Gasteiger partial charge in [-0.2, -0.15) is 67.5 Å². The number of alkyl carbamates (subject to hydrolysis) is 3. The molecule has 109 heavy (non-hydrogen) atoms. The minimum absolute atomic E-state index is 0. The molecule has 3 aliphatic carbocycles.